The van der Waals surface area contributed by atoms with Gasteiger partial charge in [0.05, 0.1) is 47.3 Å². The maximum atomic E-state index is 12.7. The van der Waals surface area contributed by atoms with Gasteiger partial charge in [0.25, 0.3) is 0 Å². The number of fused-ring (bicyclic) bond motifs is 1. The molecular formula is C17H18N2O6S. The molecule has 2 N–H and O–H groups in total. The van der Waals surface area contributed by atoms with Crippen molar-refractivity contribution in [2.75, 3.05) is 13.7 Å². The van der Waals surface area contributed by atoms with Gasteiger partial charge < -0.3 is 19.6 Å². The number of nitrogens with zero attached hydrogens (tertiary/aromatic N) is 1. The van der Waals surface area contributed by atoms with Gasteiger partial charge in [-0.3, -0.25) is 9.69 Å². The smallest absolute Gasteiger partial charge is 0.338 e. The maximum Gasteiger partial charge on any atom is 0.338 e. The van der Waals surface area contributed by atoms with Crippen LogP contribution in [-0.4, -0.2) is 41.7 Å². The number of ether oxygens (including phenoxy) is 2. The molecule has 3 rings (SSSR count). The minimum Gasteiger partial charge on any atom is -0.468 e. The minimum absolute atomic E-state index is 0.0303. The lowest BCUT2D eigenvalue weighted by Gasteiger charge is -2.31. The van der Waals surface area contributed by atoms with Gasteiger partial charge in [0, 0.05) is 0 Å². The van der Waals surface area contributed by atoms with E-state index in [1.807, 2.05) is 0 Å². The van der Waals surface area contributed by atoms with Crippen molar-refractivity contribution in [2.24, 2.45) is 5.73 Å². The molecule has 2 atom stereocenters. The second kappa shape index (κ2) is 6.91. The number of thioether (sulfide) groups is 1. The first kappa shape index (κ1) is 18.1. The van der Waals surface area contributed by atoms with Gasteiger partial charge in [0.2, 0.25) is 5.91 Å². The lowest BCUT2D eigenvalue weighted by Crippen LogP contribution is -2.40. The highest BCUT2D eigenvalue weighted by Crippen LogP contribution is 2.49. The van der Waals surface area contributed by atoms with Gasteiger partial charge in [-0.25, -0.2) is 9.59 Å². The van der Waals surface area contributed by atoms with Crippen LogP contribution in [0.5, 0.6) is 0 Å². The fourth-order valence-electron chi connectivity index (χ4n) is 2.99. The van der Waals surface area contributed by atoms with E-state index >= 15 is 0 Å². The van der Waals surface area contributed by atoms with E-state index in [0.29, 0.717) is 10.8 Å². The first-order chi connectivity index (χ1) is 12.4. The highest BCUT2D eigenvalue weighted by molar-refractivity contribution is 8.04. The summed E-state index contributed by atoms with van der Waals surface area (Å²) in [6.45, 7) is 3.52. The lowest BCUT2D eigenvalue weighted by atomic mass is 9.86. The Balaban J connectivity index is 2.28. The summed E-state index contributed by atoms with van der Waals surface area (Å²) in [6.07, 6.45) is 1.43. The molecule has 1 aromatic rings. The van der Waals surface area contributed by atoms with Crippen LogP contribution in [0.1, 0.15) is 25.5 Å². The standard InChI is InChI=1S/C17H18N2O6S/c1-4-24-17(22)12-10(9-6-5-7-25-9)11(16(21)23-3)13(18)19-14(20)8(2)26-15(12)19/h5-8,10H,4,18H2,1-3H3. The molecule has 1 aromatic heterocycles. The Labute approximate surface area is 154 Å². The molecule has 138 valence electrons. The molecule has 0 aliphatic carbocycles. The quantitative estimate of drug-likeness (QED) is 0.784. The van der Waals surface area contributed by atoms with E-state index in [0.717, 1.165) is 0 Å². The molecule has 1 fully saturated rings. The number of esters is 2. The van der Waals surface area contributed by atoms with E-state index in [1.165, 1.54) is 30.0 Å². The molecule has 1 amide bonds. The number of rotatable bonds is 4. The highest BCUT2D eigenvalue weighted by atomic mass is 32.2. The lowest BCUT2D eigenvalue weighted by molar-refractivity contribution is -0.139. The number of hydrogen-bond acceptors (Lipinski definition) is 8. The summed E-state index contributed by atoms with van der Waals surface area (Å²) in [7, 11) is 1.20. The molecule has 0 aromatic carbocycles. The van der Waals surface area contributed by atoms with Crippen LogP contribution in [0.2, 0.25) is 0 Å². The molecule has 0 radical (unpaired) electrons. The maximum absolute atomic E-state index is 12.7. The van der Waals surface area contributed by atoms with E-state index < -0.39 is 23.1 Å². The summed E-state index contributed by atoms with van der Waals surface area (Å²) >= 11 is 1.19. The fourth-order valence-corrected chi connectivity index (χ4v) is 4.15. The van der Waals surface area contributed by atoms with Gasteiger partial charge in [0.15, 0.2) is 0 Å². The first-order valence-electron chi connectivity index (χ1n) is 7.95. The number of hydrogen-bond donors (Lipinski definition) is 1. The Morgan fingerprint density at radius 3 is 2.65 bits per heavy atom. The van der Waals surface area contributed by atoms with Crippen LogP contribution in [0.3, 0.4) is 0 Å². The SMILES string of the molecule is CCOC(=O)C1=C2SC(C)C(=O)N2C(N)=C(C(=O)OC)C1c1ccco1. The Kier molecular flexibility index (Phi) is 4.82. The second-order valence-electron chi connectivity index (χ2n) is 5.61. The van der Waals surface area contributed by atoms with Crippen LogP contribution in [0.4, 0.5) is 0 Å². The van der Waals surface area contributed by atoms with Crippen molar-refractivity contribution in [1.82, 2.24) is 4.90 Å². The average Bonchev–Trinajstić information content (AvgIpc) is 3.23. The van der Waals surface area contributed by atoms with Crippen LogP contribution in [0.15, 0.2) is 44.8 Å². The topological polar surface area (TPSA) is 112 Å². The van der Waals surface area contributed by atoms with E-state index in [9.17, 15) is 14.4 Å². The normalized spacial score (nSPS) is 22.6. The van der Waals surface area contributed by atoms with E-state index in [-0.39, 0.29) is 29.5 Å². The van der Waals surface area contributed by atoms with Crippen LogP contribution in [-0.2, 0) is 23.9 Å². The van der Waals surface area contributed by atoms with Gasteiger partial charge >= 0.3 is 11.9 Å². The zero-order valence-corrected chi connectivity index (χ0v) is 15.3. The molecular weight excluding hydrogens is 360 g/mol. The van der Waals surface area contributed by atoms with Crippen molar-refractivity contribution in [3.63, 3.8) is 0 Å². The highest BCUT2D eigenvalue weighted by Gasteiger charge is 2.49. The van der Waals surface area contributed by atoms with Gasteiger partial charge in [-0.1, -0.05) is 11.8 Å². The van der Waals surface area contributed by atoms with Crippen molar-refractivity contribution in [3.8, 4) is 0 Å². The molecule has 9 heteroatoms. The van der Waals surface area contributed by atoms with Gasteiger partial charge in [-0.2, -0.15) is 0 Å². The zero-order chi connectivity index (χ0) is 19.0. The molecule has 2 unspecified atom stereocenters. The molecule has 1 saturated heterocycles. The summed E-state index contributed by atoms with van der Waals surface area (Å²) in [5.74, 6) is -2.37. The molecule has 8 nitrogen and oxygen atoms in total. The van der Waals surface area contributed by atoms with Gasteiger partial charge in [-0.05, 0) is 26.0 Å². The summed E-state index contributed by atoms with van der Waals surface area (Å²) < 4.78 is 15.5. The van der Waals surface area contributed by atoms with Crippen LogP contribution >= 0.6 is 11.8 Å². The van der Waals surface area contributed by atoms with Crippen molar-refractivity contribution >= 4 is 29.6 Å². The predicted molar refractivity (Wildman–Crippen MR) is 92.2 cm³/mol. The second-order valence-corrected chi connectivity index (χ2v) is 6.94. The van der Waals surface area contributed by atoms with Crippen molar-refractivity contribution in [3.05, 3.63) is 46.2 Å². The Bertz CT molecular complexity index is 826. The third-order valence-electron chi connectivity index (χ3n) is 4.11. The third kappa shape index (κ3) is 2.68. The molecule has 0 saturated carbocycles. The summed E-state index contributed by atoms with van der Waals surface area (Å²) in [6, 6.07) is 3.26. The van der Waals surface area contributed by atoms with Crippen molar-refractivity contribution in [2.45, 2.75) is 25.0 Å². The Morgan fingerprint density at radius 1 is 1.35 bits per heavy atom. The monoisotopic (exact) mass is 378 g/mol. The number of methoxy groups -OCH3 is 1. The van der Waals surface area contributed by atoms with Crippen molar-refractivity contribution in [1.29, 1.82) is 0 Å². The molecule has 26 heavy (non-hydrogen) atoms. The number of carbonyl (C=O) groups is 3. The Hall–Kier alpha value is -2.68. The third-order valence-corrected chi connectivity index (χ3v) is 5.29. The Morgan fingerprint density at radius 2 is 2.08 bits per heavy atom. The van der Waals surface area contributed by atoms with Crippen LogP contribution < -0.4 is 5.73 Å². The first-order valence-corrected chi connectivity index (χ1v) is 8.83. The summed E-state index contributed by atoms with van der Waals surface area (Å²) in [5.41, 5.74) is 6.28. The average molecular weight is 378 g/mol. The number of nitrogens with two attached hydrogens (primary N) is 1. The van der Waals surface area contributed by atoms with E-state index in [1.54, 1.807) is 26.0 Å². The van der Waals surface area contributed by atoms with Crippen LogP contribution in [0.25, 0.3) is 0 Å². The molecule has 2 aliphatic rings. The minimum atomic E-state index is -0.923. The molecule has 3 heterocycles. The molecule has 0 bridgehead atoms. The summed E-state index contributed by atoms with van der Waals surface area (Å²) in [4.78, 5) is 38.9. The van der Waals surface area contributed by atoms with Gasteiger partial charge in [-0.15, -0.1) is 0 Å². The fraction of sp³-hybridized carbons (Fsp3) is 0.353. The molecule has 2 aliphatic heterocycles. The van der Waals surface area contributed by atoms with E-state index in [2.05, 4.69) is 0 Å². The number of amides is 1. The number of carbonyl (C=O) groups excluding carboxylic acids is 3. The molecule has 0 spiro atoms. The van der Waals surface area contributed by atoms with E-state index in [4.69, 9.17) is 19.6 Å². The number of furan rings is 1. The largest absolute Gasteiger partial charge is 0.468 e. The van der Waals surface area contributed by atoms with Gasteiger partial charge in [0.1, 0.15) is 11.6 Å². The predicted octanol–water partition coefficient (Wildman–Crippen LogP) is 1.46. The van der Waals surface area contributed by atoms with Crippen molar-refractivity contribution < 1.29 is 28.3 Å². The zero-order valence-electron chi connectivity index (χ0n) is 14.5. The van der Waals surface area contributed by atoms with Crippen LogP contribution in [0, 0.1) is 0 Å². The summed E-state index contributed by atoms with van der Waals surface area (Å²) in [5, 5.41) is -0.102.